The summed E-state index contributed by atoms with van der Waals surface area (Å²) in [5.74, 6) is 0.403. The first-order chi connectivity index (χ1) is 10.3. The number of nitrogens with zero attached hydrogens (tertiary/aromatic N) is 1. The smallest absolute Gasteiger partial charge is 0.165 e. The Morgan fingerprint density at radius 3 is 2.76 bits per heavy atom. The highest BCUT2D eigenvalue weighted by Crippen LogP contribution is 2.30. The quantitative estimate of drug-likeness (QED) is 0.794. The van der Waals surface area contributed by atoms with E-state index in [1.807, 2.05) is 30.3 Å². The van der Waals surface area contributed by atoms with Crippen molar-refractivity contribution in [1.29, 1.82) is 0 Å². The molecule has 3 nitrogen and oxygen atoms in total. The van der Waals surface area contributed by atoms with E-state index in [0.717, 1.165) is 16.5 Å². The maximum atomic E-state index is 14.1. The van der Waals surface area contributed by atoms with Gasteiger partial charge in [-0.3, -0.25) is 4.98 Å². The normalized spacial score (nSPS) is 10.8. The summed E-state index contributed by atoms with van der Waals surface area (Å²) >= 11 is 0. The van der Waals surface area contributed by atoms with Crippen LogP contribution in [0.3, 0.4) is 0 Å². The molecule has 0 aliphatic carbocycles. The van der Waals surface area contributed by atoms with Crippen LogP contribution in [0.25, 0.3) is 10.9 Å². The van der Waals surface area contributed by atoms with Gasteiger partial charge in [0.15, 0.2) is 11.6 Å². The summed E-state index contributed by atoms with van der Waals surface area (Å²) in [6.45, 7) is 0.495. The van der Waals surface area contributed by atoms with Gasteiger partial charge >= 0.3 is 0 Å². The molecule has 0 amide bonds. The lowest BCUT2D eigenvalue weighted by molar-refractivity contribution is 0.446. The molecule has 0 unspecified atom stereocenters. The van der Waals surface area contributed by atoms with Crippen LogP contribution in [0, 0.1) is 5.82 Å². The fourth-order valence-corrected chi connectivity index (χ4v) is 2.23. The van der Waals surface area contributed by atoms with Gasteiger partial charge in [-0.15, -0.1) is 0 Å². The van der Waals surface area contributed by atoms with Crippen molar-refractivity contribution in [3.8, 4) is 11.5 Å². The number of fused-ring (bicyclic) bond motifs is 1. The highest BCUT2D eigenvalue weighted by Gasteiger charge is 2.08. The van der Waals surface area contributed by atoms with Crippen molar-refractivity contribution in [2.45, 2.75) is 6.42 Å². The molecular formula is C17H15FN2O. The molecule has 0 aliphatic rings. The van der Waals surface area contributed by atoms with E-state index >= 15 is 0 Å². The fourth-order valence-electron chi connectivity index (χ4n) is 2.23. The monoisotopic (exact) mass is 282 g/mol. The summed E-state index contributed by atoms with van der Waals surface area (Å²) in [5.41, 5.74) is 7.15. The molecule has 0 fully saturated rings. The molecule has 0 bridgehead atoms. The molecule has 0 saturated carbocycles. The van der Waals surface area contributed by atoms with Crippen LogP contribution >= 0.6 is 0 Å². The lowest BCUT2D eigenvalue weighted by atomic mass is 10.1. The van der Waals surface area contributed by atoms with Crippen LogP contribution in [0.5, 0.6) is 11.5 Å². The summed E-state index contributed by atoms with van der Waals surface area (Å²) < 4.78 is 19.8. The fraction of sp³-hybridized carbons (Fsp3) is 0.118. The third-order valence-electron chi connectivity index (χ3n) is 3.25. The van der Waals surface area contributed by atoms with Gasteiger partial charge in [-0.1, -0.05) is 12.1 Å². The van der Waals surface area contributed by atoms with Crippen molar-refractivity contribution in [3.63, 3.8) is 0 Å². The van der Waals surface area contributed by atoms with Crippen LogP contribution in [0.2, 0.25) is 0 Å². The van der Waals surface area contributed by atoms with Crippen molar-refractivity contribution < 1.29 is 9.13 Å². The highest BCUT2D eigenvalue weighted by atomic mass is 19.1. The Hall–Kier alpha value is -2.46. The van der Waals surface area contributed by atoms with E-state index in [4.69, 9.17) is 10.5 Å². The van der Waals surface area contributed by atoms with E-state index in [9.17, 15) is 4.39 Å². The van der Waals surface area contributed by atoms with E-state index in [1.165, 1.54) is 6.07 Å². The summed E-state index contributed by atoms with van der Waals surface area (Å²) in [4.78, 5) is 4.26. The van der Waals surface area contributed by atoms with Crippen molar-refractivity contribution >= 4 is 10.9 Å². The van der Waals surface area contributed by atoms with Crippen molar-refractivity contribution in [3.05, 3.63) is 66.1 Å². The summed E-state index contributed by atoms with van der Waals surface area (Å²) in [6.07, 6.45) is 2.36. The van der Waals surface area contributed by atoms with E-state index in [2.05, 4.69) is 4.98 Å². The number of ether oxygens (including phenoxy) is 1. The predicted octanol–water partition coefficient (Wildman–Crippen LogP) is 3.67. The molecule has 0 spiro atoms. The van der Waals surface area contributed by atoms with Crippen molar-refractivity contribution in [2.24, 2.45) is 5.73 Å². The number of hydrogen-bond acceptors (Lipinski definition) is 3. The molecule has 3 rings (SSSR count). The van der Waals surface area contributed by atoms with Gasteiger partial charge in [0.1, 0.15) is 5.75 Å². The molecule has 2 aromatic carbocycles. The van der Waals surface area contributed by atoms with Gasteiger partial charge in [-0.2, -0.15) is 0 Å². The Kier molecular flexibility index (Phi) is 3.79. The minimum Gasteiger partial charge on any atom is -0.454 e. The van der Waals surface area contributed by atoms with E-state index < -0.39 is 0 Å². The molecule has 0 atom stereocenters. The number of halogens is 1. The van der Waals surface area contributed by atoms with Crippen LogP contribution in [-0.4, -0.2) is 11.5 Å². The lowest BCUT2D eigenvalue weighted by Gasteiger charge is -2.10. The van der Waals surface area contributed by atoms with Crippen LogP contribution < -0.4 is 10.5 Å². The summed E-state index contributed by atoms with van der Waals surface area (Å²) in [5, 5.41) is 0.852. The standard InChI is InChI=1S/C17H15FN2O/c18-14-11-12(8-9-19)6-7-17(14)21-16-5-1-4-15-13(16)3-2-10-20-15/h1-7,10-11H,8-9,19H2. The number of benzene rings is 2. The van der Waals surface area contributed by atoms with E-state index in [-0.39, 0.29) is 11.6 Å². The average molecular weight is 282 g/mol. The lowest BCUT2D eigenvalue weighted by Crippen LogP contribution is -2.03. The van der Waals surface area contributed by atoms with Gasteiger partial charge < -0.3 is 10.5 Å². The first kappa shape index (κ1) is 13.5. The maximum absolute atomic E-state index is 14.1. The Bertz CT molecular complexity index is 768. The topological polar surface area (TPSA) is 48.1 Å². The van der Waals surface area contributed by atoms with Gasteiger partial charge in [-0.25, -0.2) is 4.39 Å². The van der Waals surface area contributed by atoms with E-state index in [1.54, 1.807) is 18.3 Å². The van der Waals surface area contributed by atoms with Gasteiger partial charge in [0, 0.05) is 11.6 Å². The maximum Gasteiger partial charge on any atom is 0.165 e. The second kappa shape index (κ2) is 5.89. The Morgan fingerprint density at radius 1 is 1.05 bits per heavy atom. The van der Waals surface area contributed by atoms with Crippen LogP contribution in [0.15, 0.2) is 54.7 Å². The zero-order chi connectivity index (χ0) is 14.7. The van der Waals surface area contributed by atoms with Gasteiger partial charge in [0.2, 0.25) is 0 Å². The number of aromatic nitrogens is 1. The molecule has 0 radical (unpaired) electrons. The molecule has 1 aromatic heterocycles. The first-order valence-corrected chi connectivity index (χ1v) is 6.78. The Morgan fingerprint density at radius 2 is 1.95 bits per heavy atom. The molecule has 3 aromatic rings. The average Bonchev–Trinajstić information content (AvgIpc) is 2.51. The second-order valence-electron chi connectivity index (χ2n) is 4.73. The molecule has 2 N–H and O–H groups in total. The number of hydrogen-bond donors (Lipinski definition) is 1. The molecule has 106 valence electrons. The van der Waals surface area contributed by atoms with Crippen LogP contribution in [-0.2, 0) is 6.42 Å². The van der Waals surface area contributed by atoms with E-state index in [0.29, 0.717) is 18.7 Å². The molecule has 4 heteroatoms. The van der Waals surface area contributed by atoms with Crippen molar-refractivity contribution in [2.75, 3.05) is 6.54 Å². The third kappa shape index (κ3) is 2.85. The molecule has 21 heavy (non-hydrogen) atoms. The van der Waals surface area contributed by atoms with Crippen LogP contribution in [0.4, 0.5) is 4.39 Å². The first-order valence-electron chi connectivity index (χ1n) is 6.78. The van der Waals surface area contributed by atoms with Crippen LogP contribution in [0.1, 0.15) is 5.56 Å². The summed E-state index contributed by atoms with van der Waals surface area (Å²) in [7, 11) is 0. The molecule has 0 aliphatic heterocycles. The highest BCUT2D eigenvalue weighted by molar-refractivity contribution is 5.85. The zero-order valence-corrected chi connectivity index (χ0v) is 11.4. The summed E-state index contributed by atoms with van der Waals surface area (Å²) in [6, 6.07) is 14.2. The number of pyridine rings is 1. The zero-order valence-electron chi connectivity index (χ0n) is 11.4. The molecule has 1 heterocycles. The van der Waals surface area contributed by atoms with Gasteiger partial charge in [0.05, 0.1) is 5.52 Å². The number of rotatable bonds is 4. The SMILES string of the molecule is NCCc1ccc(Oc2cccc3ncccc23)c(F)c1. The molecule has 0 saturated heterocycles. The van der Waals surface area contributed by atoms with Gasteiger partial charge in [-0.05, 0) is 54.9 Å². The van der Waals surface area contributed by atoms with Crippen molar-refractivity contribution in [1.82, 2.24) is 4.98 Å². The Labute approximate surface area is 122 Å². The largest absolute Gasteiger partial charge is 0.454 e. The second-order valence-corrected chi connectivity index (χ2v) is 4.73. The third-order valence-corrected chi connectivity index (χ3v) is 3.25. The minimum atomic E-state index is -0.387. The van der Waals surface area contributed by atoms with Gasteiger partial charge in [0.25, 0.3) is 0 Å². The molecular weight excluding hydrogens is 267 g/mol. The number of nitrogens with two attached hydrogens (primary N) is 1. The minimum absolute atomic E-state index is 0.201. The Balaban J connectivity index is 1.95. The predicted molar refractivity (Wildman–Crippen MR) is 81.0 cm³/mol.